The lowest BCUT2D eigenvalue weighted by atomic mass is 9.76. The summed E-state index contributed by atoms with van der Waals surface area (Å²) in [5.41, 5.74) is 6.29. The fourth-order valence-corrected chi connectivity index (χ4v) is 2.01. The molecule has 94 valence electrons. The fraction of sp³-hybridized carbons (Fsp3) is 0.462. The Morgan fingerprint density at radius 2 is 2.18 bits per heavy atom. The lowest BCUT2D eigenvalue weighted by molar-refractivity contribution is -0.143. The van der Waals surface area contributed by atoms with Crippen molar-refractivity contribution in [3.8, 4) is 0 Å². The Morgan fingerprint density at radius 1 is 1.47 bits per heavy atom. The molecule has 0 aliphatic carbocycles. The molecule has 0 bridgehead atoms. The Balaban J connectivity index is 3.16. The molecule has 17 heavy (non-hydrogen) atoms. The lowest BCUT2D eigenvalue weighted by Crippen LogP contribution is -2.43. The SMILES string of the molecule is Cc1cccc(C(CN)(CCCO)C(=O)O)c1. The molecule has 1 aromatic carbocycles. The quantitative estimate of drug-likeness (QED) is 0.690. The number of aliphatic hydroxyl groups is 1. The molecule has 1 rings (SSSR count). The average molecular weight is 237 g/mol. The van der Waals surface area contributed by atoms with Gasteiger partial charge in [-0.1, -0.05) is 29.8 Å². The maximum atomic E-state index is 11.5. The fourth-order valence-electron chi connectivity index (χ4n) is 2.01. The van der Waals surface area contributed by atoms with Crippen molar-refractivity contribution in [3.05, 3.63) is 35.4 Å². The van der Waals surface area contributed by atoms with Crippen LogP contribution in [0.15, 0.2) is 24.3 Å². The van der Waals surface area contributed by atoms with Gasteiger partial charge in [0.15, 0.2) is 0 Å². The van der Waals surface area contributed by atoms with Crippen molar-refractivity contribution in [2.24, 2.45) is 5.73 Å². The number of carbonyl (C=O) groups is 1. The first kappa shape index (κ1) is 13.7. The van der Waals surface area contributed by atoms with E-state index < -0.39 is 11.4 Å². The average Bonchev–Trinajstić information content (AvgIpc) is 2.30. The predicted molar refractivity (Wildman–Crippen MR) is 65.9 cm³/mol. The highest BCUT2D eigenvalue weighted by atomic mass is 16.4. The van der Waals surface area contributed by atoms with E-state index in [4.69, 9.17) is 10.8 Å². The molecule has 1 aromatic rings. The topological polar surface area (TPSA) is 83.5 Å². The molecule has 1 atom stereocenters. The Morgan fingerprint density at radius 3 is 2.65 bits per heavy atom. The molecule has 0 saturated heterocycles. The van der Waals surface area contributed by atoms with E-state index in [9.17, 15) is 9.90 Å². The van der Waals surface area contributed by atoms with E-state index in [-0.39, 0.29) is 13.2 Å². The molecular formula is C13H19NO3. The van der Waals surface area contributed by atoms with Gasteiger partial charge in [-0.25, -0.2) is 0 Å². The van der Waals surface area contributed by atoms with Crippen LogP contribution in [0.25, 0.3) is 0 Å². The van der Waals surface area contributed by atoms with Crippen LogP contribution in [0.2, 0.25) is 0 Å². The summed E-state index contributed by atoms with van der Waals surface area (Å²) in [6.45, 7) is 1.92. The monoisotopic (exact) mass is 237 g/mol. The summed E-state index contributed by atoms with van der Waals surface area (Å²) in [4.78, 5) is 11.5. The largest absolute Gasteiger partial charge is 0.481 e. The van der Waals surface area contributed by atoms with Gasteiger partial charge in [-0.3, -0.25) is 4.79 Å². The second kappa shape index (κ2) is 5.80. The van der Waals surface area contributed by atoms with Crippen LogP contribution < -0.4 is 5.73 Å². The van der Waals surface area contributed by atoms with Crippen molar-refractivity contribution in [1.29, 1.82) is 0 Å². The summed E-state index contributed by atoms with van der Waals surface area (Å²) in [6.07, 6.45) is 0.774. The second-order valence-electron chi connectivity index (χ2n) is 4.29. The van der Waals surface area contributed by atoms with Crippen LogP contribution in [-0.4, -0.2) is 29.3 Å². The molecule has 0 heterocycles. The molecular weight excluding hydrogens is 218 g/mol. The predicted octanol–water partition coefficient (Wildman–Crippen LogP) is 1.05. The third-order valence-electron chi connectivity index (χ3n) is 3.09. The first-order valence-electron chi connectivity index (χ1n) is 5.68. The molecule has 1 unspecified atom stereocenters. The van der Waals surface area contributed by atoms with E-state index in [1.165, 1.54) is 0 Å². The smallest absolute Gasteiger partial charge is 0.315 e. The Kier molecular flexibility index (Phi) is 4.66. The molecule has 0 aliphatic rings. The third-order valence-corrected chi connectivity index (χ3v) is 3.09. The number of aliphatic hydroxyl groups excluding tert-OH is 1. The highest BCUT2D eigenvalue weighted by Gasteiger charge is 2.38. The molecule has 0 aromatic heterocycles. The van der Waals surface area contributed by atoms with Crippen molar-refractivity contribution in [1.82, 2.24) is 0 Å². The number of hydrogen-bond donors (Lipinski definition) is 3. The highest BCUT2D eigenvalue weighted by molar-refractivity contribution is 5.81. The van der Waals surface area contributed by atoms with E-state index >= 15 is 0 Å². The zero-order valence-electron chi connectivity index (χ0n) is 10.0. The summed E-state index contributed by atoms with van der Waals surface area (Å²) in [5, 5.41) is 18.3. The molecule has 4 N–H and O–H groups in total. The molecule has 4 nitrogen and oxygen atoms in total. The van der Waals surface area contributed by atoms with Gasteiger partial charge in [0, 0.05) is 13.2 Å². The normalized spacial score (nSPS) is 14.3. The molecule has 0 radical (unpaired) electrons. The standard InChI is InChI=1S/C13H19NO3/c1-10-4-2-5-11(8-10)13(9-14,12(16)17)6-3-7-15/h2,4-5,8,15H,3,6-7,9,14H2,1H3,(H,16,17). The van der Waals surface area contributed by atoms with Gasteiger partial charge in [-0.15, -0.1) is 0 Å². The lowest BCUT2D eigenvalue weighted by Gasteiger charge is -2.28. The summed E-state index contributed by atoms with van der Waals surface area (Å²) >= 11 is 0. The van der Waals surface area contributed by atoms with E-state index in [0.717, 1.165) is 5.56 Å². The van der Waals surface area contributed by atoms with Crippen LogP contribution in [0.5, 0.6) is 0 Å². The van der Waals surface area contributed by atoms with E-state index in [0.29, 0.717) is 18.4 Å². The minimum atomic E-state index is -1.09. The van der Waals surface area contributed by atoms with Crippen LogP contribution in [0.1, 0.15) is 24.0 Å². The summed E-state index contributed by atoms with van der Waals surface area (Å²) < 4.78 is 0. The van der Waals surface area contributed by atoms with Crippen LogP contribution in [0.3, 0.4) is 0 Å². The summed E-state index contributed by atoms with van der Waals surface area (Å²) in [7, 11) is 0. The number of aryl methyl sites for hydroxylation is 1. The molecule has 0 amide bonds. The summed E-state index contributed by atoms with van der Waals surface area (Å²) in [6, 6.07) is 7.37. The number of carboxylic acids is 1. The van der Waals surface area contributed by atoms with Gasteiger partial charge in [-0.2, -0.15) is 0 Å². The first-order chi connectivity index (χ1) is 8.06. The second-order valence-corrected chi connectivity index (χ2v) is 4.29. The first-order valence-corrected chi connectivity index (χ1v) is 5.68. The van der Waals surface area contributed by atoms with Crippen LogP contribution >= 0.6 is 0 Å². The number of rotatable bonds is 6. The van der Waals surface area contributed by atoms with E-state index in [1.807, 2.05) is 25.1 Å². The summed E-state index contributed by atoms with van der Waals surface area (Å²) in [5.74, 6) is -0.931. The van der Waals surface area contributed by atoms with Crippen molar-refractivity contribution in [2.45, 2.75) is 25.2 Å². The zero-order chi connectivity index (χ0) is 12.9. The molecule has 0 aliphatic heterocycles. The maximum Gasteiger partial charge on any atom is 0.315 e. The van der Waals surface area contributed by atoms with Crippen molar-refractivity contribution >= 4 is 5.97 Å². The third kappa shape index (κ3) is 2.84. The Hall–Kier alpha value is -1.39. The van der Waals surface area contributed by atoms with Gasteiger partial charge in [-0.05, 0) is 25.3 Å². The van der Waals surface area contributed by atoms with Gasteiger partial charge in [0.2, 0.25) is 0 Å². The highest BCUT2D eigenvalue weighted by Crippen LogP contribution is 2.29. The van der Waals surface area contributed by atoms with Gasteiger partial charge >= 0.3 is 5.97 Å². The number of nitrogens with two attached hydrogens (primary N) is 1. The van der Waals surface area contributed by atoms with Crippen molar-refractivity contribution < 1.29 is 15.0 Å². The number of carboxylic acid groups (broad SMARTS) is 1. The van der Waals surface area contributed by atoms with Crippen LogP contribution in [0.4, 0.5) is 0 Å². The van der Waals surface area contributed by atoms with Gasteiger partial charge in [0.25, 0.3) is 0 Å². The maximum absolute atomic E-state index is 11.5. The van der Waals surface area contributed by atoms with Crippen LogP contribution in [-0.2, 0) is 10.2 Å². The Bertz CT molecular complexity index is 392. The van der Waals surface area contributed by atoms with Crippen molar-refractivity contribution in [3.63, 3.8) is 0 Å². The van der Waals surface area contributed by atoms with E-state index in [2.05, 4.69) is 0 Å². The van der Waals surface area contributed by atoms with E-state index in [1.54, 1.807) is 6.07 Å². The molecule has 0 saturated carbocycles. The molecule has 0 fully saturated rings. The van der Waals surface area contributed by atoms with Gasteiger partial charge < -0.3 is 15.9 Å². The number of hydrogen-bond acceptors (Lipinski definition) is 3. The van der Waals surface area contributed by atoms with Gasteiger partial charge in [0.05, 0.1) is 0 Å². The van der Waals surface area contributed by atoms with Gasteiger partial charge in [0.1, 0.15) is 5.41 Å². The zero-order valence-corrected chi connectivity index (χ0v) is 10.0. The molecule has 0 spiro atoms. The Labute approximate surface area is 101 Å². The number of aliphatic carboxylic acids is 1. The molecule has 4 heteroatoms. The minimum Gasteiger partial charge on any atom is -0.481 e. The van der Waals surface area contributed by atoms with Crippen molar-refractivity contribution in [2.75, 3.05) is 13.2 Å². The minimum absolute atomic E-state index is 0.0269. The number of benzene rings is 1. The van der Waals surface area contributed by atoms with Crippen LogP contribution in [0, 0.1) is 6.92 Å².